The fourth-order valence-electron chi connectivity index (χ4n) is 3.28. The van der Waals surface area contributed by atoms with E-state index in [4.69, 9.17) is 9.15 Å². The van der Waals surface area contributed by atoms with Crippen LogP contribution in [-0.4, -0.2) is 34.1 Å². The van der Waals surface area contributed by atoms with Gasteiger partial charge in [-0.1, -0.05) is 12.1 Å². The van der Waals surface area contributed by atoms with Crippen LogP contribution in [0.2, 0.25) is 0 Å². The lowest BCUT2D eigenvalue weighted by Crippen LogP contribution is -2.35. The van der Waals surface area contributed by atoms with E-state index >= 15 is 0 Å². The largest absolute Gasteiger partial charge is 0.472 e. The molecule has 0 N–H and O–H groups in total. The Kier molecular flexibility index (Phi) is 4.26. The van der Waals surface area contributed by atoms with Crippen molar-refractivity contribution in [3.05, 3.63) is 42.5 Å². The summed E-state index contributed by atoms with van der Waals surface area (Å²) in [5.74, 6) is 2.45. The van der Waals surface area contributed by atoms with Crippen LogP contribution in [0.15, 0.2) is 41.1 Å². The van der Waals surface area contributed by atoms with Crippen molar-refractivity contribution in [2.24, 2.45) is 0 Å². The standard InChI is InChI=1S/C19H22N4O2/c1-13(2)24-19-17(20-9-10-21-19)23-11-5-6-14(12-23)18-22-15-7-3-4-8-16(15)25-18/h3-4,7-10,13-14H,5-6,11-12H2,1-2H3. The Bertz CT molecular complexity index is 828. The van der Waals surface area contributed by atoms with Gasteiger partial charge in [-0.25, -0.2) is 15.0 Å². The molecule has 1 aliphatic rings. The molecule has 25 heavy (non-hydrogen) atoms. The van der Waals surface area contributed by atoms with Crippen molar-refractivity contribution in [1.82, 2.24) is 15.0 Å². The third-order valence-electron chi connectivity index (χ3n) is 4.37. The maximum Gasteiger partial charge on any atom is 0.257 e. The van der Waals surface area contributed by atoms with Gasteiger partial charge in [0.1, 0.15) is 5.52 Å². The molecule has 1 fully saturated rings. The number of oxazole rings is 1. The second-order valence-electron chi connectivity index (χ2n) is 6.66. The van der Waals surface area contributed by atoms with E-state index in [0.717, 1.165) is 48.7 Å². The maximum atomic E-state index is 5.98. The number of hydrogen-bond acceptors (Lipinski definition) is 6. The summed E-state index contributed by atoms with van der Waals surface area (Å²) in [4.78, 5) is 15.8. The topological polar surface area (TPSA) is 64.3 Å². The van der Waals surface area contributed by atoms with E-state index in [-0.39, 0.29) is 12.0 Å². The van der Waals surface area contributed by atoms with E-state index in [1.165, 1.54) is 0 Å². The monoisotopic (exact) mass is 338 g/mol. The molecule has 1 saturated heterocycles. The molecule has 6 nitrogen and oxygen atoms in total. The van der Waals surface area contributed by atoms with Crippen molar-refractivity contribution < 1.29 is 9.15 Å². The van der Waals surface area contributed by atoms with Crippen LogP contribution >= 0.6 is 0 Å². The SMILES string of the molecule is CC(C)Oc1nccnc1N1CCCC(c2nc3ccccc3o2)C1. The van der Waals surface area contributed by atoms with E-state index in [2.05, 4.69) is 19.9 Å². The van der Waals surface area contributed by atoms with Gasteiger partial charge in [-0.3, -0.25) is 0 Å². The molecule has 3 aromatic rings. The van der Waals surface area contributed by atoms with Crippen LogP contribution in [-0.2, 0) is 0 Å². The zero-order chi connectivity index (χ0) is 17.2. The van der Waals surface area contributed by atoms with Gasteiger partial charge >= 0.3 is 0 Å². The Hall–Kier alpha value is -2.63. The summed E-state index contributed by atoms with van der Waals surface area (Å²) in [5, 5.41) is 0. The number of hydrogen-bond donors (Lipinski definition) is 0. The molecule has 0 spiro atoms. The molecule has 4 rings (SSSR count). The first kappa shape index (κ1) is 15.9. The summed E-state index contributed by atoms with van der Waals surface area (Å²) in [5.41, 5.74) is 1.76. The zero-order valence-corrected chi connectivity index (χ0v) is 14.6. The number of rotatable bonds is 4. The third kappa shape index (κ3) is 3.29. The Morgan fingerprint density at radius 1 is 1.20 bits per heavy atom. The van der Waals surface area contributed by atoms with Gasteiger partial charge in [-0.2, -0.15) is 0 Å². The fourth-order valence-corrected chi connectivity index (χ4v) is 3.28. The van der Waals surface area contributed by atoms with Gasteiger partial charge in [0.15, 0.2) is 17.3 Å². The van der Waals surface area contributed by atoms with Crippen LogP contribution in [0, 0.1) is 0 Å². The molecule has 1 atom stereocenters. The van der Waals surface area contributed by atoms with Crippen molar-refractivity contribution in [1.29, 1.82) is 0 Å². The second kappa shape index (κ2) is 6.70. The van der Waals surface area contributed by atoms with Gasteiger partial charge in [0, 0.05) is 25.5 Å². The van der Waals surface area contributed by atoms with Gasteiger partial charge in [-0.05, 0) is 38.8 Å². The van der Waals surface area contributed by atoms with Crippen LogP contribution in [0.5, 0.6) is 5.88 Å². The molecule has 130 valence electrons. The lowest BCUT2D eigenvalue weighted by Gasteiger charge is -2.32. The van der Waals surface area contributed by atoms with Crippen molar-refractivity contribution >= 4 is 16.9 Å². The van der Waals surface area contributed by atoms with Crippen molar-refractivity contribution in [3.63, 3.8) is 0 Å². The highest BCUT2D eigenvalue weighted by Crippen LogP contribution is 2.33. The summed E-state index contributed by atoms with van der Waals surface area (Å²) < 4.78 is 11.8. The maximum absolute atomic E-state index is 5.98. The van der Waals surface area contributed by atoms with E-state index in [1.54, 1.807) is 12.4 Å². The normalized spacial score (nSPS) is 18.0. The van der Waals surface area contributed by atoms with E-state index in [0.29, 0.717) is 5.88 Å². The number of para-hydroxylation sites is 2. The average Bonchev–Trinajstić information content (AvgIpc) is 3.06. The van der Waals surface area contributed by atoms with Crippen LogP contribution in [0.1, 0.15) is 38.5 Å². The molecular weight excluding hydrogens is 316 g/mol. The number of aromatic nitrogens is 3. The highest BCUT2D eigenvalue weighted by Gasteiger charge is 2.28. The van der Waals surface area contributed by atoms with Gasteiger partial charge in [0.25, 0.3) is 5.88 Å². The highest BCUT2D eigenvalue weighted by molar-refractivity contribution is 5.72. The molecule has 0 radical (unpaired) electrons. The highest BCUT2D eigenvalue weighted by atomic mass is 16.5. The molecule has 3 heterocycles. The zero-order valence-electron chi connectivity index (χ0n) is 14.6. The minimum atomic E-state index is 0.0630. The van der Waals surface area contributed by atoms with Crippen molar-refractivity contribution in [2.45, 2.75) is 38.7 Å². The summed E-state index contributed by atoms with van der Waals surface area (Å²) >= 11 is 0. The van der Waals surface area contributed by atoms with Gasteiger partial charge < -0.3 is 14.1 Å². The number of piperidine rings is 1. The molecule has 1 unspecified atom stereocenters. The molecular formula is C19H22N4O2. The first-order valence-electron chi connectivity index (χ1n) is 8.79. The number of ether oxygens (including phenoxy) is 1. The minimum absolute atomic E-state index is 0.0630. The smallest absolute Gasteiger partial charge is 0.257 e. The van der Waals surface area contributed by atoms with Crippen LogP contribution < -0.4 is 9.64 Å². The van der Waals surface area contributed by atoms with Crippen molar-refractivity contribution in [2.75, 3.05) is 18.0 Å². The van der Waals surface area contributed by atoms with Crippen LogP contribution in [0.4, 0.5) is 5.82 Å². The molecule has 0 bridgehead atoms. The number of benzene rings is 1. The van der Waals surface area contributed by atoms with Gasteiger partial charge in [0.05, 0.1) is 12.0 Å². The number of anilines is 1. The third-order valence-corrected chi connectivity index (χ3v) is 4.37. The summed E-state index contributed by atoms with van der Waals surface area (Å²) in [6, 6.07) is 7.90. The number of nitrogens with zero attached hydrogens (tertiary/aromatic N) is 4. The molecule has 1 aliphatic heterocycles. The Labute approximate surface area is 146 Å². The molecule has 0 aliphatic carbocycles. The predicted octanol–water partition coefficient (Wildman–Crippen LogP) is 3.79. The molecule has 0 saturated carbocycles. The van der Waals surface area contributed by atoms with Crippen LogP contribution in [0.25, 0.3) is 11.1 Å². The molecule has 2 aromatic heterocycles. The molecule has 1 aromatic carbocycles. The summed E-state index contributed by atoms with van der Waals surface area (Å²) in [6.45, 7) is 5.73. The van der Waals surface area contributed by atoms with E-state index < -0.39 is 0 Å². The fraction of sp³-hybridized carbons (Fsp3) is 0.421. The molecule has 6 heteroatoms. The number of fused-ring (bicyclic) bond motifs is 1. The van der Waals surface area contributed by atoms with Gasteiger partial charge in [-0.15, -0.1) is 0 Å². The first-order valence-corrected chi connectivity index (χ1v) is 8.79. The van der Waals surface area contributed by atoms with E-state index in [9.17, 15) is 0 Å². The predicted molar refractivity (Wildman–Crippen MR) is 96.0 cm³/mol. The minimum Gasteiger partial charge on any atom is -0.472 e. The van der Waals surface area contributed by atoms with Crippen LogP contribution in [0.3, 0.4) is 0 Å². The van der Waals surface area contributed by atoms with E-state index in [1.807, 2.05) is 38.1 Å². The first-order chi connectivity index (χ1) is 12.2. The molecule has 0 amide bonds. The van der Waals surface area contributed by atoms with Gasteiger partial charge in [0.2, 0.25) is 0 Å². The Morgan fingerprint density at radius 2 is 2.04 bits per heavy atom. The second-order valence-corrected chi connectivity index (χ2v) is 6.66. The summed E-state index contributed by atoms with van der Waals surface area (Å²) in [6.07, 6.45) is 5.56. The quantitative estimate of drug-likeness (QED) is 0.721. The lowest BCUT2D eigenvalue weighted by molar-refractivity contribution is 0.231. The lowest BCUT2D eigenvalue weighted by atomic mass is 9.98. The Morgan fingerprint density at radius 3 is 2.88 bits per heavy atom. The Balaban J connectivity index is 1.59. The van der Waals surface area contributed by atoms with Crippen molar-refractivity contribution in [3.8, 4) is 5.88 Å². The summed E-state index contributed by atoms with van der Waals surface area (Å²) in [7, 11) is 0. The average molecular weight is 338 g/mol.